The molecule has 0 aromatic carbocycles. The third-order valence-electron chi connectivity index (χ3n) is 2.46. The largest absolute Gasteiger partial charge is 0.481 e. The number of hydrogen-bond donors (Lipinski definition) is 1. The number of halogens is 2. The molecule has 18 heavy (non-hydrogen) atoms. The maximum atomic E-state index is 13.0. The van der Waals surface area contributed by atoms with Crippen LogP contribution in [-0.4, -0.2) is 25.2 Å². The van der Waals surface area contributed by atoms with Crippen molar-refractivity contribution in [3.63, 3.8) is 0 Å². The zero-order valence-corrected chi connectivity index (χ0v) is 10.1. The van der Waals surface area contributed by atoms with Crippen LogP contribution >= 0.6 is 0 Å². The van der Waals surface area contributed by atoms with Crippen molar-refractivity contribution in [3.05, 3.63) is 22.9 Å². The fourth-order valence-corrected chi connectivity index (χ4v) is 1.59. The molecule has 0 spiro atoms. The summed E-state index contributed by atoms with van der Waals surface area (Å²) in [4.78, 5) is 14.9. The summed E-state index contributed by atoms with van der Waals surface area (Å²) in [7, 11) is 2.46. The minimum absolute atomic E-state index is 0.134. The van der Waals surface area contributed by atoms with Gasteiger partial charge in [0.25, 0.3) is 6.43 Å². The Morgan fingerprint density at radius 1 is 1.50 bits per heavy atom. The van der Waals surface area contributed by atoms with Gasteiger partial charge < -0.3 is 15.2 Å². The molecule has 0 amide bonds. The fraction of sp³-hybridized carbons (Fsp3) is 0.455. The van der Waals surface area contributed by atoms with E-state index in [2.05, 4.69) is 9.72 Å². The molecule has 1 rings (SSSR count). The van der Waals surface area contributed by atoms with Crippen molar-refractivity contribution in [2.24, 2.45) is 5.73 Å². The number of nitrogens with zero attached hydrogens (tertiary/aromatic N) is 1. The van der Waals surface area contributed by atoms with E-state index >= 15 is 0 Å². The zero-order valence-electron chi connectivity index (χ0n) is 10.1. The Bertz CT molecular complexity index is 439. The average molecular weight is 260 g/mol. The second-order valence-corrected chi connectivity index (χ2v) is 3.44. The van der Waals surface area contributed by atoms with Crippen molar-refractivity contribution in [2.45, 2.75) is 19.4 Å². The Kier molecular flexibility index (Phi) is 4.96. The van der Waals surface area contributed by atoms with Gasteiger partial charge in [-0.1, -0.05) is 0 Å². The first-order chi connectivity index (χ1) is 8.54. The molecule has 0 aliphatic rings. The topological polar surface area (TPSA) is 74.4 Å². The minimum Gasteiger partial charge on any atom is -0.481 e. The van der Waals surface area contributed by atoms with Gasteiger partial charge in [-0.25, -0.2) is 13.8 Å². The highest BCUT2D eigenvalue weighted by molar-refractivity contribution is 5.73. The Hall–Kier alpha value is -1.76. The number of esters is 1. The van der Waals surface area contributed by atoms with Gasteiger partial charge in [0.15, 0.2) is 0 Å². The smallest absolute Gasteiger partial charge is 0.310 e. The van der Waals surface area contributed by atoms with Gasteiger partial charge in [0.1, 0.15) is 0 Å². The molecule has 0 saturated heterocycles. The zero-order chi connectivity index (χ0) is 13.7. The molecule has 7 heteroatoms. The Morgan fingerprint density at radius 2 is 2.17 bits per heavy atom. The van der Waals surface area contributed by atoms with E-state index < -0.39 is 12.4 Å². The quantitative estimate of drug-likeness (QED) is 0.805. The van der Waals surface area contributed by atoms with Crippen molar-refractivity contribution < 1.29 is 23.0 Å². The van der Waals surface area contributed by atoms with Crippen LogP contribution in [0.4, 0.5) is 8.78 Å². The van der Waals surface area contributed by atoms with E-state index in [0.29, 0.717) is 5.56 Å². The summed E-state index contributed by atoms with van der Waals surface area (Å²) in [6.45, 7) is -0.134. The van der Waals surface area contributed by atoms with Gasteiger partial charge in [-0.2, -0.15) is 0 Å². The number of alkyl halides is 2. The molecular weight excluding hydrogens is 246 g/mol. The van der Waals surface area contributed by atoms with Crippen LogP contribution in [0.15, 0.2) is 6.20 Å². The van der Waals surface area contributed by atoms with E-state index in [4.69, 9.17) is 10.5 Å². The lowest BCUT2D eigenvalue weighted by molar-refractivity contribution is -0.139. The second-order valence-electron chi connectivity index (χ2n) is 3.44. The molecule has 0 radical (unpaired) electrons. The Labute approximate surface area is 103 Å². The summed E-state index contributed by atoms with van der Waals surface area (Å²) in [6, 6.07) is 0. The van der Waals surface area contributed by atoms with Crippen LogP contribution < -0.4 is 10.5 Å². The summed E-state index contributed by atoms with van der Waals surface area (Å²) < 4.78 is 35.2. The number of carbonyl (C=O) groups excluding carboxylic acids is 1. The first-order valence-corrected chi connectivity index (χ1v) is 5.14. The number of hydrogen-bond acceptors (Lipinski definition) is 5. The molecular formula is C11H14F2N2O3. The number of nitrogens with two attached hydrogens (primary N) is 1. The standard InChI is InChI=1S/C11H14F2N2O3/c1-17-8(16)3-6-5-15-11(18-2)9(10(12)13)7(6)4-14/h5,10H,3-4,14H2,1-2H3. The molecule has 2 N–H and O–H groups in total. The molecule has 0 atom stereocenters. The SMILES string of the molecule is COC(=O)Cc1cnc(OC)c(C(F)F)c1CN. The van der Waals surface area contributed by atoms with Crippen LogP contribution in [0.2, 0.25) is 0 Å². The lowest BCUT2D eigenvalue weighted by atomic mass is 10.0. The minimum atomic E-state index is -2.77. The highest BCUT2D eigenvalue weighted by Crippen LogP contribution is 2.32. The molecule has 100 valence electrons. The summed E-state index contributed by atoms with van der Waals surface area (Å²) in [5, 5.41) is 0. The van der Waals surface area contributed by atoms with E-state index in [-0.39, 0.29) is 30.0 Å². The van der Waals surface area contributed by atoms with Gasteiger partial charge >= 0.3 is 5.97 Å². The maximum Gasteiger partial charge on any atom is 0.310 e. The van der Waals surface area contributed by atoms with Crippen LogP contribution in [-0.2, 0) is 22.5 Å². The monoisotopic (exact) mass is 260 g/mol. The van der Waals surface area contributed by atoms with E-state index in [1.165, 1.54) is 20.4 Å². The molecule has 0 unspecified atom stereocenters. The molecule has 1 aromatic heterocycles. The normalized spacial score (nSPS) is 10.6. The highest BCUT2D eigenvalue weighted by Gasteiger charge is 2.23. The highest BCUT2D eigenvalue weighted by atomic mass is 19.3. The molecule has 0 bridgehead atoms. The molecule has 0 aliphatic heterocycles. The van der Waals surface area contributed by atoms with Gasteiger partial charge in [0, 0.05) is 12.7 Å². The van der Waals surface area contributed by atoms with Crippen LogP contribution in [0, 0.1) is 0 Å². The third-order valence-corrected chi connectivity index (χ3v) is 2.46. The van der Waals surface area contributed by atoms with Crippen LogP contribution in [0.3, 0.4) is 0 Å². The number of aromatic nitrogens is 1. The lowest BCUT2D eigenvalue weighted by Crippen LogP contribution is -2.13. The van der Waals surface area contributed by atoms with E-state index in [0.717, 1.165) is 0 Å². The van der Waals surface area contributed by atoms with Crippen LogP contribution in [0.5, 0.6) is 5.88 Å². The maximum absolute atomic E-state index is 13.0. The van der Waals surface area contributed by atoms with Gasteiger partial charge in [-0.3, -0.25) is 4.79 Å². The average Bonchev–Trinajstić information content (AvgIpc) is 2.37. The van der Waals surface area contributed by atoms with E-state index in [1.54, 1.807) is 0 Å². The molecule has 5 nitrogen and oxygen atoms in total. The van der Waals surface area contributed by atoms with Gasteiger partial charge in [0.2, 0.25) is 5.88 Å². The second kappa shape index (κ2) is 6.25. The molecule has 1 heterocycles. The van der Waals surface area contributed by atoms with Crippen molar-refractivity contribution >= 4 is 5.97 Å². The van der Waals surface area contributed by atoms with Gasteiger partial charge in [-0.05, 0) is 11.1 Å². The van der Waals surface area contributed by atoms with Crippen molar-refractivity contribution in [1.29, 1.82) is 0 Å². The Morgan fingerprint density at radius 3 is 2.61 bits per heavy atom. The first kappa shape index (κ1) is 14.3. The lowest BCUT2D eigenvalue weighted by Gasteiger charge is -2.14. The summed E-state index contributed by atoms with van der Waals surface area (Å²) in [5.41, 5.74) is 5.58. The van der Waals surface area contributed by atoms with E-state index in [1.807, 2.05) is 0 Å². The molecule has 0 fully saturated rings. The summed E-state index contributed by atoms with van der Waals surface area (Å²) in [6.07, 6.45) is -1.63. The van der Waals surface area contributed by atoms with Crippen molar-refractivity contribution in [3.8, 4) is 5.88 Å². The molecule has 0 saturated carbocycles. The predicted molar refractivity (Wildman–Crippen MR) is 59.4 cm³/mol. The summed E-state index contributed by atoms with van der Waals surface area (Å²) >= 11 is 0. The first-order valence-electron chi connectivity index (χ1n) is 5.14. The summed E-state index contributed by atoms with van der Waals surface area (Å²) in [5.74, 6) is -0.726. The fourth-order valence-electron chi connectivity index (χ4n) is 1.59. The number of methoxy groups -OCH3 is 2. The van der Waals surface area contributed by atoms with Crippen molar-refractivity contribution in [1.82, 2.24) is 4.98 Å². The van der Waals surface area contributed by atoms with Crippen LogP contribution in [0.1, 0.15) is 23.1 Å². The van der Waals surface area contributed by atoms with Gasteiger partial charge in [-0.15, -0.1) is 0 Å². The van der Waals surface area contributed by atoms with E-state index in [9.17, 15) is 13.6 Å². The van der Waals surface area contributed by atoms with Crippen LogP contribution in [0.25, 0.3) is 0 Å². The number of carbonyl (C=O) groups is 1. The van der Waals surface area contributed by atoms with Crippen molar-refractivity contribution in [2.75, 3.05) is 14.2 Å². The third kappa shape index (κ3) is 2.92. The van der Waals surface area contributed by atoms with Gasteiger partial charge in [0.05, 0.1) is 26.2 Å². The molecule has 1 aromatic rings. The number of rotatable bonds is 5. The number of ether oxygens (including phenoxy) is 2. The number of pyridine rings is 1. The molecule has 0 aliphatic carbocycles. The predicted octanol–water partition coefficient (Wildman–Crippen LogP) is 1.20. The Balaban J connectivity index is 3.28.